The first kappa shape index (κ1) is 15.3. The molecule has 5 heteroatoms. The fourth-order valence-corrected chi connectivity index (χ4v) is 4.48. The van der Waals surface area contributed by atoms with Gasteiger partial charge in [-0.1, -0.05) is 59.9 Å². The molecule has 2 nitrogen and oxygen atoms in total. The van der Waals surface area contributed by atoms with Crippen LogP contribution in [0.2, 0.25) is 0 Å². The topological polar surface area (TPSA) is 17.8 Å². The van der Waals surface area contributed by atoms with Gasteiger partial charge < -0.3 is 0 Å². The van der Waals surface area contributed by atoms with E-state index in [2.05, 4.69) is 83.2 Å². The lowest BCUT2D eigenvalue weighted by molar-refractivity contribution is 0.537. The molecule has 0 fully saturated rings. The van der Waals surface area contributed by atoms with Crippen LogP contribution in [0.25, 0.3) is 0 Å². The third-order valence-corrected chi connectivity index (χ3v) is 5.88. The second-order valence-electron chi connectivity index (χ2n) is 4.72. The van der Waals surface area contributed by atoms with Crippen molar-refractivity contribution in [3.63, 3.8) is 0 Å². The molecule has 2 rings (SSSR count). The minimum absolute atomic E-state index is 0.0120. The average molecular weight is 451 g/mol. The Morgan fingerprint density at radius 2 is 1.95 bits per heavy atom. The fraction of sp³-hybridized carbons (Fsp3) is 0.357. The molecule has 0 atom stereocenters. The van der Waals surface area contributed by atoms with Crippen LogP contribution in [-0.2, 0) is 18.9 Å². The lowest BCUT2D eigenvalue weighted by atomic mass is 9.80. The Balaban J connectivity index is 2.37. The molecule has 0 saturated heterocycles. The summed E-state index contributed by atoms with van der Waals surface area (Å²) in [4.78, 5) is 0. The van der Waals surface area contributed by atoms with Gasteiger partial charge >= 0.3 is 0 Å². The summed E-state index contributed by atoms with van der Waals surface area (Å²) in [6.07, 6.45) is 2.89. The molecular weight excluding hydrogens is 436 g/mol. The Kier molecular flexibility index (Phi) is 5.26. The summed E-state index contributed by atoms with van der Waals surface area (Å²) in [7, 11) is 1.95. The van der Waals surface area contributed by atoms with Gasteiger partial charge in [-0.3, -0.25) is 4.68 Å². The molecule has 0 aliphatic rings. The molecule has 19 heavy (non-hydrogen) atoms. The van der Waals surface area contributed by atoms with Gasteiger partial charge in [-0.05, 0) is 23.8 Å². The average Bonchev–Trinajstić information content (AvgIpc) is 2.81. The maximum Gasteiger partial charge on any atom is 0.0633 e. The summed E-state index contributed by atoms with van der Waals surface area (Å²) < 4.78 is 2.96. The summed E-state index contributed by atoms with van der Waals surface area (Å²) in [6, 6.07) is 10.6. The molecule has 0 amide bonds. The van der Waals surface area contributed by atoms with Crippen molar-refractivity contribution in [3.05, 3.63) is 52.3 Å². The zero-order valence-corrected chi connectivity index (χ0v) is 15.4. The smallest absolute Gasteiger partial charge is 0.0633 e. The number of benzene rings is 1. The van der Waals surface area contributed by atoms with Gasteiger partial charge in [0.15, 0.2) is 0 Å². The van der Waals surface area contributed by atoms with Gasteiger partial charge in [-0.15, -0.1) is 0 Å². The van der Waals surface area contributed by atoms with Crippen LogP contribution >= 0.6 is 47.8 Å². The Hall–Kier alpha value is -0.130. The lowest BCUT2D eigenvalue weighted by Crippen LogP contribution is -2.33. The van der Waals surface area contributed by atoms with Gasteiger partial charge in [0.05, 0.1) is 5.69 Å². The van der Waals surface area contributed by atoms with E-state index in [9.17, 15) is 0 Å². The van der Waals surface area contributed by atoms with E-state index < -0.39 is 0 Å². The summed E-state index contributed by atoms with van der Waals surface area (Å²) in [5, 5.41) is 6.28. The number of halogens is 3. The highest BCUT2D eigenvalue weighted by Crippen LogP contribution is 2.33. The first-order chi connectivity index (χ1) is 9.09. The normalized spacial score (nSPS) is 11.8. The van der Waals surface area contributed by atoms with Crippen LogP contribution in [0.4, 0.5) is 0 Å². The summed E-state index contributed by atoms with van der Waals surface area (Å²) in [5.74, 6) is 0. The Morgan fingerprint density at radius 1 is 1.21 bits per heavy atom. The van der Waals surface area contributed by atoms with Crippen LogP contribution < -0.4 is 0 Å². The minimum Gasteiger partial charge on any atom is -0.276 e. The van der Waals surface area contributed by atoms with Crippen LogP contribution in [0.3, 0.4) is 0 Å². The van der Waals surface area contributed by atoms with Crippen LogP contribution in [0.1, 0.15) is 11.3 Å². The standard InChI is InChI=1S/C14H15Br3N2/c1-19-6-5-13(18-19)8-14(9-15,10-16)11-3-2-4-12(17)7-11/h2-7H,8-10H2,1H3. The molecule has 0 spiro atoms. The molecule has 0 N–H and O–H groups in total. The number of aryl methyl sites for hydroxylation is 1. The van der Waals surface area contributed by atoms with Gasteiger partial charge in [-0.2, -0.15) is 5.10 Å². The zero-order chi connectivity index (χ0) is 13.9. The predicted molar refractivity (Wildman–Crippen MR) is 90.3 cm³/mol. The Morgan fingerprint density at radius 3 is 2.47 bits per heavy atom. The number of hydrogen-bond acceptors (Lipinski definition) is 1. The van der Waals surface area contributed by atoms with Crippen LogP contribution in [0.5, 0.6) is 0 Å². The van der Waals surface area contributed by atoms with Crippen molar-refractivity contribution in [1.82, 2.24) is 9.78 Å². The van der Waals surface area contributed by atoms with Gasteiger partial charge in [-0.25, -0.2) is 0 Å². The van der Waals surface area contributed by atoms with Crippen LogP contribution in [0, 0.1) is 0 Å². The first-order valence-electron chi connectivity index (χ1n) is 5.96. The van der Waals surface area contributed by atoms with E-state index in [-0.39, 0.29) is 5.41 Å². The van der Waals surface area contributed by atoms with Crippen molar-refractivity contribution >= 4 is 47.8 Å². The van der Waals surface area contributed by atoms with E-state index in [1.54, 1.807) is 0 Å². The molecule has 1 aromatic carbocycles. The van der Waals surface area contributed by atoms with Crippen molar-refractivity contribution < 1.29 is 0 Å². The van der Waals surface area contributed by atoms with E-state index in [1.807, 2.05) is 17.9 Å². The van der Waals surface area contributed by atoms with Crippen molar-refractivity contribution in [2.24, 2.45) is 7.05 Å². The minimum atomic E-state index is 0.0120. The third-order valence-electron chi connectivity index (χ3n) is 3.24. The molecular formula is C14H15Br3N2. The summed E-state index contributed by atoms with van der Waals surface area (Å²) >= 11 is 10.9. The molecule has 0 aliphatic carbocycles. The van der Waals surface area contributed by atoms with Gasteiger partial charge in [0.25, 0.3) is 0 Å². The third kappa shape index (κ3) is 3.50. The van der Waals surface area contributed by atoms with Gasteiger partial charge in [0, 0.05) is 40.2 Å². The number of rotatable bonds is 5. The second-order valence-corrected chi connectivity index (χ2v) is 6.75. The van der Waals surface area contributed by atoms with E-state index in [1.165, 1.54) is 5.56 Å². The molecule has 1 aromatic heterocycles. The number of nitrogens with zero attached hydrogens (tertiary/aromatic N) is 2. The number of aromatic nitrogens is 2. The van der Waals surface area contributed by atoms with Crippen LogP contribution in [0.15, 0.2) is 41.0 Å². The van der Waals surface area contributed by atoms with E-state index in [0.717, 1.165) is 27.2 Å². The SMILES string of the molecule is Cn1ccc(CC(CBr)(CBr)c2cccc(Br)c2)n1. The highest BCUT2D eigenvalue weighted by molar-refractivity contribution is 9.10. The highest BCUT2D eigenvalue weighted by atomic mass is 79.9. The van der Waals surface area contributed by atoms with Gasteiger partial charge in [0.2, 0.25) is 0 Å². The van der Waals surface area contributed by atoms with Crippen molar-refractivity contribution in [2.45, 2.75) is 11.8 Å². The molecule has 0 saturated carbocycles. The van der Waals surface area contributed by atoms with Crippen molar-refractivity contribution in [2.75, 3.05) is 10.7 Å². The Labute approximate surface area is 139 Å². The maximum absolute atomic E-state index is 4.50. The molecule has 0 aliphatic heterocycles. The highest BCUT2D eigenvalue weighted by Gasteiger charge is 2.31. The molecule has 102 valence electrons. The lowest BCUT2D eigenvalue weighted by Gasteiger charge is -2.30. The van der Waals surface area contributed by atoms with Gasteiger partial charge in [0.1, 0.15) is 0 Å². The number of alkyl halides is 2. The Bertz CT molecular complexity index is 547. The number of hydrogen-bond donors (Lipinski definition) is 0. The van der Waals surface area contributed by atoms with Crippen LogP contribution in [-0.4, -0.2) is 20.4 Å². The van der Waals surface area contributed by atoms with E-state index in [4.69, 9.17) is 0 Å². The molecule has 0 radical (unpaired) electrons. The molecule has 0 bridgehead atoms. The summed E-state index contributed by atoms with van der Waals surface area (Å²) in [5.41, 5.74) is 2.43. The van der Waals surface area contributed by atoms with Crippen molar-refractivity contribution in [3.8, 4) is 0 Å². The molecule has 0 unspecified atom stereocenters. The largest absolute Gasteiger partial charge is 0.276 e. The molecule has 2 aromatic rings. The van der Waals surface area contributed by atoms with Crippen molar-refractivity contribution in [1.29, 1.82) is 0 Å². The fourth-order valence-electron chi connectivity index (χ4n) is 2.11. The second kappa shape index (κ2) is 6.55. The van der Waals surface area contributed by atoms with E-state index in [0.29, 0.717) is 0 Å². The quantitative estimate of drug-likeness (QED) is 0.615. The molecule has 1 heterocycles. The first-order valence-corrected chi connectivity index (χ1v) is 9.00. The monoisotopic (exact) mass is 448 g/mol. The predicted octanol–water partition coefficient (Wildman–Crippen LogP) is 4.45. The maximum atomic E-state index is 4.50. The van der Waals surface area contributed by atoms with E-state index >= 15 is 0 Å². The summed E-state index contributed by atoms with van der Waals surface area (Å²) in [6.45, 7) is 0. The zero-order valence-electron chi connectivity index (χ0n) is 10.6.